The second-order valence-electron chi connectivity index (χ2n) is 9.24. The normalized spacial score (nSPS) is 18.3. The molecule has 2 aromatic carbocycles. The summed E-state index contributed by atoms with van der Waals surface area (Å²) in [4.78, 5) is 28.8. The Morgan fingerprint density at radius 1 is 0.973 bits per heavy atom. The van der Waals surface area contributed by atoms with Gasteiger partial charge in [0, 0.05) is 18.7 Å². The third kappa shape index (κ3) is 7.57. The van der Waals surface area contributed by atoms with Gasteiger partial charge in [-0.15, -0.1) is 0 Å². The number of halogens is 2. The quantitative estimate of drug-likeness (QED) is 0.289. The van der Waals surface area contributed by atoms with Crippen LogP contribution in [0.15, 0.2) is 72.9 Å². The number of anilines is 1. The monoisotopic (exact) mass is 537 g/mol. The highest BCUT2D eigenvalue weighted by Crippen LogP contribution is 2.28. The van der Waals surface area contributed by atoms with E-state index in [4.69, 9.17) is 23.2 Å². The van der Waals surface area contributed by atoms with Gasteiger partial charge in [-0.05, 0) is 67.0 Å². The van der Waals surface area contributed by atoms with Crippen molar-refractivity contribution in [3.8, 4) is 0 Å². The summed E-state index contributed by atoms with van der Waals surface area (Å²) in [5.41, 5.74) is 1.92. The van der Waals surface area contributed by atoms with E-state index in [-0.39, 0.29) is 22.0 Å². The Morgan fingerprint density at radius 2 is 1.68 bits per heavy atom. The number of carboxylic acids is 1. The topological polar surface area (TPSA) is 91.3 Å². The average molecular weight is 538 g/mol. The summed E-state index contributed by atoms with van der Waals surface area (Å²) in [6, 6.07) is 17.6. The Hall–Kier alpha value is -3.35. The van der Waals surface area contributed by atoms with Crippen molar-refractivity contribution in [1.29, 1.82) is 0 Å². The zero-order valence-corrected chi connectivity index (χ0v) is 21.8. The number of carboxylic acid groups (broad SMARTS) is 1. The van der Waals surface area contributed by atoms with Gasteiger partial charge in [0.1, 0.15) is 11.9 Å². The number of amides is 1. The van der Waals surface area contributed by atoms with Gasteiger partial charge >= 0.3 is 5.97 Å². The first-order chi connectivity index (χ1) is 17.9. The lowest BCUT2D eigenvalue weighted by Crippen LogP contribution is -2.42. The van der Waals surface area contributed by atoms with Crippen molar-refractivity contribution in [3.05, 3.63) is 99.7 Å². The third-order valence-corrected chi connectivity index (χ3v) is 7.19. The summed E-state index contributed by atoms with van der Waals surface area (Å²) in [7, 11) is 0. The van der Waals surface area contributed by atoms with E-state index in [1.165, 1.54) is 12.1 Å². The molecule has 1 atom stereocenters. The van der Waals surface area contributed by atoms with Gasteiger partial charge in [-0.3, -0.25) is 4.79 Å². The average Bonchev–Trinajstić information content (AvgIpc) is 2.89. The summed E-state index contributed by atoms with van der Waals surface area (Å²) < 4.78 is 0. The highest BCUT2D eigenvalue weighted by Gasteiger charge is 2.24. The molecule has 37 heavy (non-hydrogen) atoms. The van der Waals surface area contributed by atoms with Crippen LogP contribution in [-0.2, 0) is 11.2 Å². The fourth-order valence-corrected chi connectivity index (χ4v) is 5.08. The maximum absolute atomic E-state index is 12.6. The minimum absolute atomic E-state index is 0.0686. The molecule has 192 valence electrons. The van der Waals surface area contributed by atoms with Crippen LogP contribution in [0, 0.1) is 5.92 Å². The largest absolute Gasteiger partial charge is 0.480 e. The van der Waals surface area contributed by atoms with E-state index < -0.39 is 17.9 Å². The number of pyridine rings is 1. The first kappa shape index (κ1) is 26.7. The van der Waals surface area contributed by atoms with Crippen LogP contribution in [0.4, 0.5) is 5.82 Å². The maximum atomic E-state index is 12.6. The standard InChI is InChI=1S/C29H29Cl2N3O3/c30-23-4-3-5-24(31)27(23)28(35)34-25(29(36)37)18-21-11-9-19(10-12-21)7-8-20-13-15-22(16-14-20)33-26-6-1-2-17-32-26/h1-12,17,20,22,25H,13-16,18H2,(H,32,33)(H,34,35)(H,36,37)/b8-7+/t20?,22?,25-/m0/s1. The van der Waals surface area contributed by atoms with Gasteiger partial charge in [0.05, 0.1) is 15.6 Å². The van der Waals surface area contributed by atoms with Crippen LogP contribution in [-0.4, -0.2) is 34.1 Å². The number of carbonyl (C=O) groups is 2. The van der Waals surface area contributed by atoms with Gasteiger partial charge in [-0.1, -0.05) is 71.8 Å². The molecule has 1 aliphatic carbocycles. The number of rotatable bonds is 9. The molecule has 0 saturated heterocycles. The minimum atomic E-state index is -1.13. The van der Waals surface area contributed by atoms with Crippen LogP contribution in [0.25, 0.3) is 6.08 Å². The molecular weight excluding hydrogens is 509 g/mol. The van der Waals surface area contributed by atoms with Gasteiger partial charge in [-0.25, -0.2) is 9.78 Å². The number of allylic oxidation sites excluding steroid dienone is 1. The molecule has 4 rings (SSSR count). The van der Waals surface area contributed by atoms with E-state index >= 15 is 0 Å². The molecule has 0 radical (unpaired) electrons. The van der Waals surface area contributed by atoms with Crippen molar-refractivity contribution in [3.63, 3.8) is 0 Å². The van der Waals surface area contributed by atoms with Gasteiger partial charge in [-0.2, -0.15) is 0 Å². The molecule has 0 spiro atoms. The van der Waals surface area contributed by atoms with Crippen molar-refractivity contribution in [1.82, 2.24) is 10.3 Å². The third-order valence-electron chi connectivity index (χ3n) is 6.56. The molecule has 0 bridgehead atoms. The Labute approximate surface area is 226 Å². The number of aliphatic carboxylic acids is 1. The Bertz CT molecular complexity index is 1220. The van der Waals surface area contributed by atoms with E-state index in [9.17, 15) is 14.7 Å². The number of aromatic nitrogens is 1. The molecule has 3 N–H and O–H groups in total. The summed E-state index contributed by atoms with van der Waals surface area (Å²) >= 11 is 12.2. The first-order valence-corrected chi connectivity index (χ1v) is 13.1. The zero-order chi connectivity index (χ0) is 26.2. The van der Waals surface area contributed by atoms with Crippen molar-refractivity contribution in [2.45, 2.75) is 44.2 Å². The second kappa shape index (κ2) is 12.7. The van der Waals surface area contributed by atoms with Crippen LogP contribution in [0.5, 0.6) is 0 Å². The van der Waals surface area contributed by atoms with Gasteiger partial charge < -0.3 is 15.7 Å². The molecule has 1 saturated carbocycles. The molecule has 1 heterocycles. The summed E-state index contributed by atoms with van der Waals surface area (Å²) in [5, 5.41) is 16.0. The minimum Gasteiger partial charge on any atom is -0.480 e. The lowest BCUT2D eigenvalue weighted by molar-refractivity contribution is -0.139. The van der Waals surface area contributed by atoms with E-state index in [2.05, 4.69) is 27.8 Å². The fourth-order valence-electron chi connectivity index (χ4n) is 4.51. The van der Waals surface area contributed by atoms with E-state index in [1.54, 1.807) is 12.3 Å². The van der Waals surface area contributed by atoms with Crippen molar-refractivity contribution < 1.29 is 14.7 Å². The van der Waals surface area contributed by atoms with E-state index in [0.29, 0.717) is 12.0 Å². The molecule has 1 aromatic heterocycles. The number of nitrogens with one attached hydrogen (secondary N) is 2. The van der Waals surface area contributed by atoms with Crippen LogP contribution >= 0.6 is 23.2 Å². The van der Waals surface area contributed by atoms with Crippen molar-refractivity contribution >= 4 is 47.0 Å². The maximum Gasteiger partial charge on any atom is 0.326 e. The predicted octanol–water partition coefficient (Wildman–Crippen LogP) is 6.50. The molecule has 0 aliphatic heterocycles. The van der Waals surface area contributed by atoms with Crippen molar-refractivity contribution in [2.75, 3.05) is 5.32 Å². The summed E-state index contributed by atoms with van der Waals surface area (Å²) in [6.45, 7) is 0. The van der Waals surface area contributed by atoms with Crippen LogP contribution in [0.2, 0.25) is 10.0 Å². The lowest BCUT2D eigenvalue weighted by atomic mass is 9.85. The van der Waals surface area contributed by atoms with Gasteiger partial charge in [0.2, 0.25) is 0 Å². The van der Waals surface area contributed by atoms with Crippen LogP contribution in [0.3, 0.4) is 0 Å². The summed E-state index contributed by atoms with van der Waals surface area (Å²) in [6.07, 6.45) is 10.8. The Balaban J connectivity index is 1.29. The number of hydrogen-bond acceptors (Lipinski definition) is 4. The first-order valence-electron chi connectivity index (χ1n) is 12.3. The highest BCUT2D eigenvalue weighted by molar-refractivity contribution is 6.39. The number of hydrogen-bond donors (Lipinski definition) is 3. The summed E-state index contributed by atoms with van der Waals surface area (Å²) in [5.74, 6) is -0.287. The molecule has 1 aliphatic rings. The molecule has 6 nitrogen and oxygen atoms in total. The van der Waals surface area contributed by atoms with Crippen LogP contribution < -0.4 is 10.6 Å². The molecule has 0 unspecified atom stereocenters. The zero-order valence-electron chi connectivity index (χ0n) is 20.2. The highest BCUT2D eigenvalue weighted by atomic mass is 35.5. The second-order valence-corrected chi connectivity index (χ2v) is 10.1. The molecule has 1 fully saturated rings. The van der Waals surface area contributed by atoms with Crippen molar-refractivity contribution in [2.24, 2.45) is 5.92 Å². The number of nitrogens with zero attached hydrogens (tertiary/aromatic N) is 1. The smallest absolute Gasteiger partial charge is 0.326 e. The lowest BCUT2D eigenvalue weighted by Gasteiger charge is -2.27. The van der Waals surface area contributed by atoms with Gasteiger partial charge in [0.25, 0.3) is 5.91 Å². The Morgan fingerprint density at radius 3 is 2.30 bits per heavy atom. The molecule has 8 heteroatoms. The van der Waals surface area contributed by atoms with E-state index in [0.717, 1.165) is 42.6 Å². The number of benzene rings is 2. The molecular formula is C29H29Cl2N3O3. The van der Waals surface area contributed by atoms with E-state index in [1.807, 2.05) is 42.5 Å². The Kier molecular flexibility index (Phi) is 9.20. The SMILES string of the molecule is O=C(N[C@@H](Cc1ccc(/C=C/C2CCC(Nc3ccccn3)CC2)cc1)C(=O)O)c1c(Cl)cccc1Cl. The van der Waals surface area contributed by atoms with Gasteiger partial charge in [0.15, 0.2) is 0 Å². The molecule has 1 amide bonds. The van der Waals surface area contributed by atoms with Crippen LogP contribution in [0.1, 0.15) is 47.2 Å². The predicted molar refractivity (Wildman–Crippen MR) is 148 cm³/mol. The molecule has 3 aromatic rings. The number of carbonyl (C=O) groups excluding carboxylic acids is 1. The fraction of sp³-hybridized carbons (Fsp3) is 0.276.